The zero-order valence-electron chi connectivity index (χ0n) is 14.4. The standard InChI is InChI=1S/C20H15F3N2O2S/c21-20(22,23)16-11-12-19(28(26,27)18-9-5-2-6-10-18)15(13-16)14-24-25-17-7-3-1-4-8-17/h1-14,25H. The minimum Gasteiger partial charge on any atom is -0.279 e. The highest BCUT2D eigenvalue weighted by atomic mass is 32.2. The molecule has 0 bridgehead atoms. The Morgan fingerprint density at radius 2 is 1.46 bits per heavy atom. The van der Waals surface area contributed by atoms with Crippen molar-refractivity contribution >= 4 is 21.7 Å². The fourth-order valence-electron chi connectivity index (χ4n) is 2.49. The van der Waals surface area contributed by atoms with Gasteiger partial charge < -0.3 is 0 Å². The van der Waals surface area contributed by atoms with Crippen LogP contribution >= 0.6 is 0 Å². The number of anilines is 1. The Morgan fingerprint density at radius 1 is 0.857 bits per heavy atom. The van der Waals surface area contributed by atoms with Crippen molar-refractivity contribution < 1.29 is 21.6 Å². The van der Waals surface area contributed by atoms with E-state index in [0.29, 0.717) is 5.69 Å². The SMILES string of the molecule is O=S(=O)(c1ccccc1)c1ccc(C(F)(F)F)cc1C=NNc1ccccc1. The first-order valence-corrected chi connectivity index (χ1v) is 9.62. The molecule has 0 aliphatic carbocycles. The van der Waals surface area contributed by atoms with Crippen molar-refractivity contribution in [2.24, 2.45) is 5.10 Å². The molecule has 0 aromatic heterocycles. The van der Waals surface area contributed by atoms with E-state index < -0.39 is 21.6 Å². The zero-order valence-corrected chi connectivity index (χ0v) is 15.2. The molecule has 0 aliphatic rings. The Morgan fingerprint density at radius 3 is 2.07 bits per heavy atom. The van der Waals surface area contributed by atoms with Crippen LogP contribution in [-0.2, 0) is 16.0 Å². The number of hydrogen-bond acceptors (Lipinski definition) is 4. The number of nitrogens with zero attached hydrogens (tertiary/aromatic N) is 1. The Balaban J connectivity index is 2.04. The summed E-state index contributed by atoms with van der Waals surface area (Å²) in [6.07, 6.45) is -3.54. The van der Waals surface area contributed by atoms with E-state index in [2.05, 4.69) is 10.5 Å². The minimum atomic E-state index is -4.61. The quantitative estimate of drug-likeness (QED) is 0.482. The number of para-hydroxylation sites is 1. The molecule has 0 radical (unpaired) electrons. The Kier molecular flexibility index (Phi) is 5.51. The van der Waals surface area contributed by atoms with Crippen LogP contribution in [0.1, 0.15) is 11.1 Å². The summed E-state index contributed by atoms with van der Waals surface area (Å²) >= 11 is 0. The summed E-state index contributed by atoms with van der Waals surface area (Å²) in [6, 6.07) is 18.7. The van der Waals surface area contributed by atoms with Gasteiger partial charge in [0.2, 0.25) is 9.84 Å². The molecule has 0 saturated heterocycles. The zero-order chi connectivity index (χ0) is 20.2. The molecule has 1 N–H and O–H groups in total. The lowest BCUT2D eigenvalue weighted by molar-refractivity contribution is -0.137. The van der Waals surface area contributed by atoms with Crippen molar-refractivity contribution in [2.45, 2.75) is 16.0 Å². The smallest absolute Gasteiger partial charge is 0.279 e. The third kappa shape index (κ3) is 4.40. The van der Waals surface area contributed by atoms with Crippen LogP contribution in [0, 0.1) is 0 Å². The van der Waals surface area contributed by atoms with E-state index >= 15 is 0 Å². The normalized spacial score (nSPS) is 12.2. The number of sulfone groups is 1. The van der Waals surface area contributed by atoms with Crippen LogP contribution in [0.5, 0.6) is 0 Å². The Labute approximate surface area is 160 Å². The van der Waals surface area contributed by atoms with Crippen LogP contribution in [0.15, 0.2) is 93.8 Å². The third-order valence-electron chi connectivity index (χ3n) is 3.85. The maximum absolute atomic E-state index is 13.1. The lowest BCUT2D eigenvalue weighted by Gasteiger charge is -2.12. The summed E-state index contributed by atoms with van der Waals surface area (Å²) in [5.41, 5.74) is 2.15. The highest BCUT2D eigenvalue weighted by Crippen LogP contribution is 2.32. The molecule has 0 heterocycles. The summed E-state index contributed by atoms with van der Waals surface area (Å²) in [5, 5.41) is 3.90. The number of nitrogens with one attached hydrogen (secondary N) is 1. The molecule has 0 spiro atoms. The van der Waals surface area contributed by atoms with Gasteiger partial charge in [0.05, 0.1) is 27.3 Å². The monoisotopic (exact) mass is 404 g/mol. The molecular weight excluding hydrogens is 389 g/mol. The van der Waals surface area contributed by atoms with Crippen molar-refractivity contribution in [3.8, 4) is 0 Å². The molecule has 28 heavy (non-hydrogen) atoms. The topological polar surface area (TPSA) is 58.5 Å². The lowest BCUT2D eigenvalue weighted by atomic mass is 10.1. The highest BCUT2D eigenvalue weighted by molar-refractivity contribution is 7.91. The van der Waals surface area contributed by atoms with Gasteiger partial charge in [-0.3, -0.25) is 5.43 Å². The third-order valence-corrected chi connectivity index (χ3v) is 5.69. The van der Waals surface area contributed by atoms with E-state index in [-0.39, 0.29) is 15.4 Å². The number of hydrogen-bond donors (Lipinski definition) is 1. The Bertz CT molecular complexity index is 1080. The van der Waals surface area contributed by atoms with Gasteiger partial charge in [0.25, 0.3) is 0 Å². The van der Waals surface area contributed by atoms with E-state index in [1.807, 2.05) is 0 Å². The van der Waals surface area contributed by atoms with Gasteiger partial charge in [-0.25, -0.2) is 8.42 Å². The Hall–Kier alpha value is -3.13. The molecule has 3 aromatic carbocycles. The van der Waals surface area contributed by atoms with E-state index in [9.17, 15) is 21.6 Å². The molecule has 3 rings (SSSR count). The van der Waals surface area contributed by atoms with Crippen LogP contribution in [0.4, 0.5) is 18.9 Å². The first-order valence-electron chi connectivity index (χ1n) is 8.14. The van der Waals surface area contributed by atoms with Gasteiger partial charge in [-0.05, 0) is 42.5 Å². The van der Waals surface area contributed by atoms with E-state index in [1.54, 1.807) is 48.5 Å². The average molecular weight is 404 g/mol. The van der Waals surface area contributed by atoms with E-state index in [1.165, 1.54) is 12.1 Å². The maximum Gasteiger partial charge on any atom is 0.416 e. The number of hydrazone groups is 1. The van der Waals surface area contributed by atoms with Crippen LogP contribution in [-0.4, -0.2) is 14.6 Å². The van der Waals surface area contributed by atoms with E-state index in [0.717, 1.165) is 24.4 Å². The largest absolute Gasteiger partial charge is 0.416 e. The van der Waals surface area contributed by atoms with Gasteiger partial charge in [-0.15, -0.1) is 0 Å². The average Bonchev–Trinajstić information content (AvgIpc) is 2.68. The molecule has 0 atom stereocenters. The van der Waals surface area contributed by atoms with Gasteiger partial charge in [0.15, 0.2) is 0 Å². The lowest BCUT2D eigenvalue weighted by Crippen LogP contribution is -2.10. The summed E-state index contributed by atoms with van der Waals surface area (Å²) in [4.78, 5) is -0.272. The first-order chi connectivity index (χ1) is 13.3. The van der Waals surface area contributed by atoms with Crippen LogP contribution in [0.25, 0.3) is 0 Å². The first kappa shape index (κ1) is 19.6. The fraction of sp³-hybridized carbons (Fsp3) is 0.0500. The minimum absolute atomic E-state index is 0.0135. The van der Waals surface area contributed by atoms with Gasteiger partial charge in [0, 0.05) is 5.56 Å². The molecule has 0 amide bonds. The van der Waals surface area contributed by atoms with Crippen molar-refractivity contribution in [1.29, 1.82) is 0 Å². The predicted molar refractivity (Wildman–Crippen MR) is 101 cm³/mol. The van der Waals surface area contributed by atoms with Gasteiger partial charge in [-0.2, -0.15) is 18.3 Å². The number of benzene rings is 3. The fourth-order valence-corrected chi connectivity index (χ4v) is 3.92. The van der Waals surface area contributed by atoms with Gasteiger partial charge in [0.1, 0.15) is 0 Å². The molecular formula is C20H15F3N2O2S. The van der Waals surface area contributed by atoms with Crippen molar-refractivity contribution in [3.63, 3.8) is 0 Å². The summed E-state index contributed by atoms with van der Waals surface area (Å²) in [6.45, 7) is 0. The molecule has 0 saturated carbocycles. The molecule has 0 aliphatic heterocycles. The number of rotatable bonds is 5. The predicted octanol–water partition coefficient (Wildman–Crippen LogP) is 4.98. The molecule has 0 fully saturated rings. The molecule has 8 heteroatoms. The molecule has 4 nitrogen and oxygen atoms in total. The summed E-state index contributed by atoms with van der Waals surface area (Å²) < 4.78 is 65.1. The number of halogens is 3. The van der Waals surface area contributed by atoms with Crippen LogP contribution in [0.3, 0.4) is 0 Å². The second-order valence-corrected chi connectivity index (χ2v) is 7.72. The second kappa shape index (κ2) is 7.85. The van der Waals surface area contributed by atoms with Crippen molar-refractivity contribution in [2.75, 3.05) is 5.43 Å². The second-order valence-electron chi connectivity index (χ2n) is 5.80. The van der Waals surface area contributed by atoms with Crippen LogP contribution in [0.2, 0.25) is 0 Å². The van der Waals surface area contributed by atoms with Crippen LogP contribution < -0.4 is 5.43 Å². The van der Waals surface area contributed by atoms with Gasteiger partial charge >= 0.3 is 6.18 Å². The molecule has 0 unspecified atom stereocenters. The number of alkyl halides is 3. The maximum atomic E-state index is 13.1. The summed E-state index contributed by atoms with van der Waals surface area (Å²) in [5.74, 6) is 0. The van der Waals surface area contributed by atoms with Gasteiger partial charge in [-0.1, -0.05) is 36.4 Å². The molecule has 3 aromatic rings. The van der Waals surface area contributed by atoms with E-state index in [4.69, 9.17) is 0 Å². The van der Waals surface area contributed by atoms with Crippen molar-refractivity contribution in [1.82, 2.24) is 0 Å². The summed E-state index contributed by atoms with van der Waals surface area (Å²) in [7, 11) is -4.01. The highest BCUT2D eigenvalue weighted by Gasteiger charge is 2.32. The molecule has 144 valence electrons. The van der Waals surface area contributed by atoms with Crippen molar-refractivity contribution in [3.05, 3.63) is 90.0 Å².